The maximum atomic E-state index is 9.33. The van der Waals surface area contributed by atoms with E-state index in [9.17, 15) is 5.11 Å². The summed E-state index contributed by atoms with van der Waals surface area (Å²) in [6, 6.07) is 0. The lowest BCUT2D eigenvalue weighted by Crippen LogP contribution is -2.44. The van der Waals surface area contributed by atoms with E-state index in [-0.39, 0.29) is 6.10 Å². The molecule has 134 valence electrons. The van der Waals surface area contributed by atoms with Crippen molar-refractivity contribution in [2.24, 2.45) is 29.6 Å². The first-order chi connectivity index (χ1) is 11.3. The molecule has 3 rings (SSSR count). The molecular weight excluding hydrogens is 284 g/mol. The third-order valence-corrected chi connectivity index (χ3v) is 7.11. The summed E-state index contributed by atoms with van der Waals surface area (Å²) in [4.78, 5) is 0. The van der Waals surface area contributed by atoms with E-state index in [1.165, 1.54) is 51.4 Å². The Kier molecular flexibility index (Phi) is 6.83. The van der Waals surface area contributed by atoms with Crippen LogP contribution in [0.15, 0.2) is 0 Å². The van der Waals surface area contributed by atoms with Crippen LogP contribution < -0.4 is 0 Å². The third kappa shape index (κ3) is 4.72. The molecule has 0 spiro atoms. The minimum absolute atomic E-state index is 0.153. The summed E-state index contributed by atoms with van der Waals surface area (Å²) in [6.45, 7) is 3.81. The number of hydrogen-bond donors (Lipinski definition) is 1. The van der Waals surface area contributed by atoms with Crippen LogP contribution in [0.1, 0.15) is 84.0 Å². The summed E-state index contributed by atoms with van der Waals surface area (Å²) in [7, 11) is 0. The number of rotatable bonds is 7. The molecule has 23 heavy (non-hydrogen) atoms. The lowest BCUT2D eigenvalue weighted by atomic mass is 9.55. The summed E-state index contributed by atoms with van der Waals surface area (Å²) >= 11 is 0. The highest BCUT2D eigenvalue weighted by Gasteiger charge is 2.45. The average molecular weight is 323 g/mol. The monoisotopic (exact) mass is 322 g/mol. The van der Waals surface area contributed by atoms with E-state index < -0.39 is 0 Å². The first-order valence-corrected chi connectivity index (χ1v) is 10.5. The van der Waals surface area contributed by atoms with E-state index in [1.807, 2.05) is 6.92 Å². The van der Waals surface area contributed by atoms with Crippen LogP contribution in [0.25, 0.3) is 0 Å². The van der Waals surface area contributed by atoms with Crippen LogP contribution in [0, 0.1) is 29.6 Å². The molecule has 0 aromatic rings. The first kappa shape index (κ1) is 17.7. The topological polar surface area (TPSA) is 29.5 Å². The van der Waals surface area contributed by atoms with Crippen LogP contribution >= 0.6 is 0 Å². The van der Waals surface area contributed by atoms with Gasteiger partial charge in [0.15, 0.2) is 0 Å². The molecular formula is C21H38O2. The fourth-order valence-electron chi connectivity index (χ4n) is 6.00. The lowest BCUT2D eigenvalue weighted by Gasteiger charge is -2.51. The Morgan fingerprint density at radius 3 is 2.13 bits per heavy atom. The zero-order chi connectivity index (χ0) is 16.1. The van der Waals surface area contributed by atoms with Gasteiger partial charge in [0.2, 0.25) is 0 Å². The minimum Gasteiger partial charge on any atom is -0.393 e. The van der Waals surface area contributed by atoms with Crippen molar-refractivity contribution in [2.45, 2.75) is 90.1 Å². The van der Waals surface area contributed by atoms with E-state index in [0.29, 0.717) is 0 Å². The molecule has 0 aliphatic heterocycles. The molecule has 2 heteroatoms. The van der Waals surface area contributed by atoms with Gasteiger partial charge >= 0.3 is 0 Å². The van der Waals surface area contributed by atoms with Crippen LogP contribution in [-0.2, 0) is 4.74 Å². The normalized spacial score (nSPS) is 38.6. The summed E-state index contributed by atoms with van der Waals surface area (Å²) < 4.78 is 6.17. The summed E-state index contributed by atoms with van der Waals surface area (Å²) in [6.07, 6.45) is 16.3. The van der Waals surface area contributed by atoms with Crippen LogP contribution in [-0.4, -0.2) is 24.4 Å². The van der Waals surface area contributed by atoms with Crippen LogP contribution in [0.3, 0.4) is 0 Å². The van der Waals surface area contributed by atoms with Gasteiger partial charge in [-0.2, -0.15) is 0 Å². The van der Waals surface area contributed by atoms with Crippen molar-refractivity contribution < 1.29 is 9.84 Å². The Labute approximate surface area is 143 Å². The van der Waals surface area contributed by atoms with Crippen molar-refractivity contribution in [1.29, 1.82) is 0 Å². The standard InChI is InChI=1S/C21H38O2/c1-16(22)8-6-7-13-23-15-21-19-11-4-2-9-17(19)14-18-10-3-5-12-20(18)21/h16-22H,2-15H2,1H3/t16-,17?,18?,19?,20?,21?/m1/s1. The second kappa shape index (κ2) is 8.85. The Morgan fingerprint density at radius 2 is 1.52 bits per heavy atom. The molecule has 0 heterocycles. The van der Waals surface area contributed by atoms with Gasteiger partial charge in [0, 0.05) is 13.2 Å². The fourth-order valence-corrected chi connectivity index (χ4v) is 6.00. The lowest BCUT2D eigenvalue weighted by molar-refractivity contribution is -0.0549. The highest BCUT2D eigenvalue weighted by molar-refractivity contribution is 4.95. The molecule has 3 aliphatic rings. The second-order valence-corrected chi connectivity index (χ2v) is 8.74. The maximum Gasteiger partial charge on any atom is 0.0512 e. The first-order valence-electron chi connectivity index (χ1n) is 10.5. The van der Waals surface area contributed by atoms with Gasteiger partial charge < -0.3 is 9.84 Å². The minimum atomic E-state index is -0.153. The van der Waals surface area contributed by atoms with Crippen molar-refractivity contribution in [3.63, 3.8) is 0 Å². The fraction of sp³-hybridized carbons (Fsp3) is 1.00. The molecule has 1 N–H and O–H groups in total. The largest absolute Gasteiger partial charge is 0.393 e. The molecule has 5 atom stereocenters. The van der Waals surface area contributed by atoms with Crippen molar-refractivity contribution in [2.75, 3.05) is 13.2 Å². The molecule has 3 fully saturated rings. The predicted octanol–water partition coefficient (Wildman–Crippen LogP) is 5.19. The van der Waals surface area contributed by atoms with Crippen LogP contribution in [0.4, 0.5) is 0 Å². The predicted molar refractivity (Wildman–Crippen MR) is 95.4 cm³/mol. The molecule has 3 aliphatic carbocycles. The van der Waals surface area contributed by atoms with Gasteiger partial charge in [0.1, 0.15) is 0 Å². The molecule has 3 saturated carbocycles. The SMILES string of the molecule is C[C@@H](O)CCCCOCC1C2CCCCC2CC2CCCCC21. The maximum absolute atomic E-state index is 9.33. The Hall–Kier alpha value is -0.0800. The number of fused-ring (bicyclic) bond motifs is 2. The summed E-state index contributed by atoms with van der Waals surface area (Å²) in [5.41, 5.74) is 0. The quantitative estimate of drug-likeness (QED) is 0.654. The van der Waals surface area contributed by atoms with E-state index in [1.54, 1.807) is 6.42 Å². The molecule has 0 bridgehead atoms. The number of aliphatic hydroxyl groups excluding tert-OH is 1. The molecule has 0 amide bonds. The van der Waals surface area contributed by atoms with Gasteiger partial charge in [-0.3, -0.25) is 0 Å². The van der Waals surface area contributed by atoms with Gasteiger partial charge in [-0.15, -0.1) is 0 Å². The molecule has 0 aromatic carbocycles. The summed E-state index contributed by atoms with van der Waals surface area (Å²) in [5, 5.41) is 9.33. The molecule has 0 aromatic heterocycles. The number of aliphatic hydroxyl groups is 1. The Bertz CT molecular complexity index is 319. The van der Waals surface area contributed by atoms with Gasteiger partial charge in [-0.25, -0.2) is 0 Å². The van der Waals surface area contributed by atoms with Gasteiger partial charge in [-0.1, -0.05) is 38.5 Å². The van der Waals surface area contributed by atoms with Crippen molar-refractivity contribution >= 4 is 0 Å². The molecule has 4 unspecified atom stereocenters. The second-order valence-electron chi connectivity index (χ2n) is 8.74. The van der Waals surface area contributed by atoms with Crippen molar-refractivity contribution in [3.05, 3.63) is 0 Å². The van der Waals surface area contributed by atoms with Gasteiger partial charge in [0.05, 0.1) is 6.10 Å². The smallest absolute Gasteiger partial charge is 0.0512 e. The zero-order valence-electron chi connectivity index (χ0n) is 15.2. The van der Waals surface area contributed by atoms with E-state index in [2.05, 4.69) is 0 Å². The van der Waals surface area contributed by atoms with E-state index in [4.69, 9.17) is 4.74 Å². The van der Waals surface area contributed by atoms with Crippen LogP contribution in [0.2, 0.25) is 0 Å². The van der Waals surface area contributed by atoms with Crippen molar-refractivity contribution in [3.8, 4) is 0 Å². The highest BCUT2D eigenvalue weighted by atomic mass is 16.5. The molecule has 2 nitrogen and oxygen atoms in total. The Balaban J connectivity index is 1.49. The van der Waals surface area contributed by atoms with Crippen LogP contribution in [0.5, 0.6) is 0 Å². The highest BCUT2D eigenvalue weighted by Crippen LogP contribution is 2.53. The summed E-state index contributed by atoms with van der Waals surface area (Å²) in [5.74, 6) is 4.84. The third-order valence-electron chi connectivity index (χ3n) is 7.11. The molecule has 0 saturated heterocycles. The number of ether oxygens (including phenoxy) is 1. The molecule has 0 radical (unpaired) electrons. The zero-order valence-corrected chi connectivity index (χ0v) is 15.2. The van der Waals surface area contributed by atoms with E-state index >= 15 is 0 Å². The van der Waals surface area contributed by atoms with E-state index in [0.717, 1.165) is 62.1 Å². The van der Waals surface area contributed by atoms with Gasteiger partial charge in [0.25, 0.3) is 0 Å². The Morgan fingerprint density at radius 1 is 0.913 bits per heavy atom. The van der Waals surface area contributed by atoms with Crippen molar-refractivity contribution in [1.82, 2.24) is 0 Å². The number of unbranched alkanes of at least 4 members (excludes halogenated alkanes) is 1. The number of hydrogen-bond acceptors (Lipinski definition) is 2. The van der Waals surface area contributed by atoms with Gasteiger partial charge in [-0.05, 0) is 75.0 Å². The average Bonchev–Trinajstić information content (AvgIpc) is 2.56.